The highest BCUT2D eigenvalue weighted by molar-refractivity contribution is 5.96. The monoisotopic (exact) mass is 295 g/mol. The second-order valence-electron chi connectivity index (χ2n) is 7.54. The second kappa shape index (κ2) is 4.97. The first-order valence-electron chi connectivity index (χ1n) is 7.97. The van der Waals surface area contributed by atoms with E-state index in [0.29, 0.717) is 25.5 Å². The molecule has 0 aromatic heterocycles. The number of Topliss-reactive ketones (excluding diaryl/α,β-unsaturated/α-hetero) is 1. The normalized spacial score (nSPS) is 36.1. The van der Waals surface area contributed by atoms with Crippen molar-refractivity contribution in [2.75, 3.05) is 19.8 Å². The Morgan fingerprint density at radius 2 is 2.14 bits per heavy atom. The summed E-state index contributed by atoms with van der Waals surface area (Å²) in [5, 5.41) is 0. The maximum Gasteiger partial charge on any atom is 0.410 e. The molecule has 3 fully saturated rings. The maximum atomic E-state index is 12.6. The SMILES string of the molecule is CC(C)(C)OC(=O)N1CCCCC2C(=O)C3(CCOC3)C21. The molecule has 1 spiro atoms. The number of fused-ring (bicyclic) bond motifs is 2. The van der Waals surface area contributed by atoms with E-state index in [1.54, 1.807) is 0 Å². The molecule has 2 heterocycles. The zero-order valence-electron chi connectivity index (χ0n) is 13.2. The number of hydrogen-bond donors (Lipinski definition) is 0. The summed E-state index contributed by atoms with van der Waals surface area (Å²) in [6.45, 7) is 7.40. The van der Waals surface area contributed by atoms with Crippen molar-refractivity contribution in [1.82, 2.24) is 4.90 Å². The summed E-state index contributed by atoms with van der Waals surface area (Å²) in [6.07, 6.45) is 3.30. The fourth-order valence-corrected chi connectivity index (χ4v) is 4.07. The topological polar surface area (TPSA) is 55.8 Å². The van der Waals surface area contributed by atoms with E-state index >= 15 is 0 Å². The molecule has 5 nitrogen and oxygen atoms in total. The Bertz CT molecular complexity index is 448. The fourth-order valence-electron chi connectivity index (χ4n) is 4.07. The maximum absolute atomic E-state index is 12.6. The van der Waals surface area contributed by atoms with Crippen molar-refractivity contribution in [3.63, 3.8) is 0 Å². The highest BCUT2D eigenvalue weighted by Gasteiger charge is 2.66. The minimum atomic E-state index is -0.508. The number of carbonyl (C=O) groups is 2. The van der Waals surface area contributed by atoms with Crippen LogP contribution in [0.25, 0.3) is 0 Å². The van der Waals surface area contributed by atoms with Crippen molar-refractivity contribution in [2.24, 2.45) is 11.3 Å². The molecule has 1 amide bonds. The van der Waals surface area contributed by atoms with E-state index in [1.165, 1.54) is 0 Å². The van der Waals surface area contributed by atoms with Gasteiger partial charge in [-0.1, -0.05) is 6.42 Å². The molecule has 21 heavy (non-hydrogen) atoms. The Morgan fingerprint density at radius 3 is 2.76 bits per heavy atom. The first-order chi connectivity index (χ1) is 9.85. The minimum Gasteiger partial charge on any atom is -0.444 e. The van der Waals surface area contributed by atoms with Crippen LogP contribution in [0.15, 0.2) is 0 Å². The molecule has 0 N–H and O–H groups in total. The highest BCUT2D eigenvalue weighted by atomic mass is 16.6. The van der Waals surface area contributed by atoms with Crippen molar-refractivity contribution in [1.29, 1.82) is 0 Å². The Hall–Kier alpha value is -1.10. The van der Waals surface area contributed by atoms with Gasteiger partial charge in [-0.25, -0.2) is 4.79 Å². The lowest BCUT2D eigenvalue weighted by Gasteiger charge is -2.54. The van der Waals surface area contributed by atoms with E-state index in [1.807, 2.05) is 25.7 Å². The third-order valence-electron chi connectivity index (χ3n) is 4.95. The molecule has 3 rings (SSSR count). The van der Waals surface area contributed by atoms with Crippen LogP contribution in [-0.4, -0.2) is 48.2 Å². The summed E-state index contributed by atoms with van der Waals surface area (Å²) in [7, 11) is 0. The number of carbonyl (C=O) groups excluding carboxylic acids is 2. The van der Waals surface area contributed by atoms with E-state index in [-0.39, 0.29) is 18.1 Å². The molecule has 0 aromatic rings. The van der Waals surface area contributed by atoms with Gasteiger partial charge in [0.25, 0.3) is 0 Å². The molecular weight excluding hydrogens is 270 g/mol. The summed E-state index contributed by atoms with van der Waals surface area (Å²) in [4.78, 5) is 26.9. The van der Waals surface area contributed by atoms with E-state index in [4.69, 9.17) is 9.47 Å². The number of nitrogens with zero attached hydrogens (tertiary/aromatic N) is 1. The van der Waals surface area contributed by atoms with Crippen LogP contribution in [0.2, 0.25) is 0 Å². The molecule has 0 bridgehead atoms. The van der Waals surface area contributed by atoms with E-state index in [0.717, 1.165) is 25.7 Å². The minimum absolute atomic E-state index is 0.0123. The van der Waals surface area contributed by atoms with Crippen molar-refractivity contribution < 1.29 is 19.1 Å². The molecule has 1 saturated carbocycles. The van der Waals surface area contributed by atoms with E-state index in [9.17, 15) is 9.59 Å². The first kappa shape index (κ1) is 14.8. The average Bonchev–Trinajstić information content (AvgIpc) is 2.80. The van der Waals surface area contributed by atoms with Crippen molar-refractivity contribution in [3.8, 4) is 0 Å². The van der Waals surface area contributed by atoms with Gasteiger partial charge in [0.05, 0.1) is 18.1 Å². The van der Waals surface area contributed by atoms with Crippen LogP contribution in [0.3, 0.4) is 0 Å². The van der Waals surface area contributed by atoms with Gasteiger partial charge in [-0.15, -0.1) is 0 Å². The van der Waals surface area contributed by atoms with Gasteiger partial charge in [0.2, 0.25) is 0 Å². The third kappa shape index (κ3) is 2.35. The molecule has 0 radical (unpaired) electrons. The number of ether oxygens (including phenoxy) is 2. The van der Waals surface area contributed by atoms with Gasteiger partial charge in [0.1, 0.15) is 11.4 Å². The van der Waals surface area contributed by atoms with Gasteiger partial charge in [0, 0.05) is 19.1 Å². The number of amides is 1. The van der Waals surface area contributed by atoms with Crippen molar-refractivity contribution >= 4 is 11.9 Å². The highest BCUT2D eigenvalue weighted by Crippen LogP contribution is 2.53. The lowest BCUT2D eigenvalue weighted by molar-refractivity contribution is -0.159. The third-order valence-corrected chi connectivity index (χ3v) is 4.95. The van der Waals surface area contributed by atoms with Gasteiger partial charge in [0.15, 0.2) is 0 Å². The van der Waals surface area contributed by atoms with Crippen LogP contribution in [-0.2, 0) is 14.3 Å². The summed E-state index contributed by atoms with van der Waals surface area (Å²) >= 11 is 0. The molecule has 118 valence electrons. The molecule has 3 unspecified atom stereocenters. The molecule has 2 saturated heterocycles. The molecule has 1 aliphatic carbocycles. The van der Waals surface area contributed by atoms with Crippen LogP contribution in [0.4, 0.5) is 4.79 Å². The van der Waals surface area contributed by atoms with Crippen LogP contribution >= 0.6 is 0 Å². The van der Waals surface area contributed by atoms with Gasteiger partial charge >= 0.3 is 6.09 Å². The molecule has 3 aliphatic rings. The number of likely N-dealkylation sites (tertiary alicyclic amines) is 1. The van der Waals surface area contributed by atoms with Gasteiger partial charge in [-0.05, 0) is 40.0 Å². The quantitative estimate of drug-likeness (QED) is 0.688. The van der Waals surface area contributed by atoms with Crippen molar-refractivity contribution in [2.45, 2.75) is 58.1 Å². The molecular formula is C16H25NO4. The molecule has 3 atom stereocenters. The summed E-state index contributed by atoms with van der Waals surface area (Å²) in [6, 6.07) is -0.0233. The predicted molar refractivity (Wildman–Crippen MR) is 76.9 cm³/mol. The second-order valence-corrected chi connectivity index (χ2v) is 7.54. The summed E-state index contributed by atoms with van der Waals surface area (Å²) in [5.41, 5.74) is -0.960. The van der Waals surface area contributed by atoms with Crippen LogP contribution in [0.5, 0.6) is 0 Å². The Labute approximate surface area is 126 Å². The van der Waals surface area contributed by atoms with Crippen LogP contribution in [0, 0.1) is 11.3 Å². The Kier molecular flexibility index (Phi) is 3.51. The smallest absolute Gasteiger partial charge is 0.410 e. The predicted octanol–water partition coefficient (Wildman–Crippen LogP) is 2.38. The Balaban J connectivity index is 1.84. The van der Waals surface area contributed by atoms with Crippen molar-refractivity contribution in [3.05, 3.63) is 0 Å². The van der Waals surface area contributed by atoms with E-state index < -0.39 is 11.0 Å². The fraction of sp³-hybridized carbons (Fsp3) is 0.875. The summed E-state index contributed by atoms with van der Waals surface area (Å²) in [5.74, 6) is 0.294. The average molecular weight is 295 g/mol. The number of ketones is 1. The molecule has 2 aliphatic heterocycles. The summed E-state index contributed by atoms with van der Waals surface area (Å²) < 4.78 is 11.1. The van der Waals surface area contributed by atoms with Crippen LogP contribution < -0.4 is 0 Å². The van der Waals surface area contributed by atoms with Gasteiger partial charge in [-0.3, -0.25) is 4.79 Å². The molecule has 0 aromatic carbocycles. The zero-order valence-corrected chi connectivity index (χ0v) is 13.2. The van der Waals surface area contributed by atoms with Gasteiger partial charge < -0.3 is 14.4 Å². The zero-order chi connectivity index (χ0) is 15.3. The standard InChI is InChI=1S/C16H25NO4/c1-15(2,3)21-14(19)17-8-5-4-6-11-12(17)16(13(11)18)7-9-20-10-16/h11-12H,4-10H2,1-3H3. The Morgan fingerprint density at radius 1 is 1.38 bits per heavy atom. The van der Waals surface area contributed by atoms with E-state index in [2.05, 4.69) is 0 Å². The largest absolute Gasteiger partial charge is 0.444 e. The number of hydrogen-bond acceptors (Lipinski definition) is 4. The van der Waals surface area contributed by atoms with Gasteiger partial charge in [-0.2, -0.15) is 0 Å². The number of rotatable bonds is 0. The first-order valence-corrected chi connectivity index (χ1v) is 7.97. The molecule has 5 heteroatoms. The lowest BCUT2D eigenvalue weighted by Crippen LogP contribution is -2.69. The lowest BCUT2D eigenvalue weighted by atomic mass is 9.55. The van der Waals surface area contributed by atoms with Crippen LogP contribution in [0.1, 0.15) is 46.5 Å².